The predicted molar refractivity (Wildman–Crippen MR) is 60.6 cm³/mol. The first-order valence-corrected chi connectivity index (χ1v) is 6.32. The van der Waals surface area contributed by atoms with E-state index in [-0.39, 0.29) is 5.91 Å². The average Bonchev–Trinajstić information content (AvgIpc) is 2.73. The second-order valence-corrected chi connectivity index (χ2v) is 4.96. The normalized spacial score (nSPS) is 34.1. The highest BCUT2D eigenvalue weighted by atomic mass is 16.1. The summed E-state index contributed by atoms with van der Waals surface area (Å²) >= 11 is 0. The van der Waals surface area contributed by atoms with Crippen molar-refractivity contribution in [1.82, 2.24) is 10.6 Å². The molecular formula is C12H22N2O. The number of carbonyl (C=O) groups is 1. The van der Waals surface area contributed by atoms with Crippen LogP contribution in [0, 0.1) is 5.92 Å². The van der Waals surface area contributed by atoms with Crippen LogP contribution in [0.5, 0.6) is 0 Å². The van der Waals surface area contributed by atoms with Gasteiger partial charge >= 0.3 is 0 Å². The zero-order valence-corrected chi connectivity index (χ0v) is 9.59. The van der Waals surface area contributed by atoms with Gasteiger partial charge in [-0.15, -0.1) is 0 Å². The fourth-order valence-electron chi connectivity index (χ4n) is 2.53. The summed E-state index contributed by atoms with van der Waals surface area (Å²) in [5.74, 6) is 1.02. The average molecular weight is 210 g/mol. The van der Waals surface area contributed by atoms with Crippen molar-refractivity contribution in [1.29, 1.82) is 0 Å². The minimum absolute atomic E-state index is 0.248. The number of hydrogen-bond donors (Lipinski definition) is 2. The van der Waals surface area contributed by atoms with Gasteiger partial charge in [0.15, 0.2) is 0 Å². The molecule has 0 aromatic carbocycles. The van der Waals surface area contributed by atoms with Crippen LogP contribution in [0.2, 0.25) is 0 Å². The standard InChI is InChI=1S/C12H22N2O/c1-2-4-9-7-11(9)14-12(15)8-10-5-3-6-13-10/h9-11,13H,2-8H2,1H3,(H,14,15). The molecule has 0 aromatic heterocycles. The van der Waals surface area contributed by atoms with Crippen molar-refractivity contribution in [3.63, 3.8) is 0 Å². The molecule has 3 atom stereocenters. The molecular weight excluding hydrogens is 188 g/mol. The third-order valence-corrected chi connectivity index (χ3v) is 3.52. The van der Waals surface area contributed by atoms with Crippen molar-refractivity contribution in [3.05, 3.63) is 0 Å². The Morgan fingerprint density at radius 1 is 1.53 bits per heavy atom. The smallest absolute Gasteiger partial charge is 0.221 e. The van der Waals surface area contributed by atoms with E-state index in [0.29, 0.717) is 18.5 Å². The Morgan fingerprint density at radius 2 is 2.40 bits per heavy atom. The van der Waals surface area contributed by atoms with Crippen LogP contribution in [0.1, 0.15) is 45.4 Å². The van der Waals surface area contributed by atoms with Gasteiger partial charge in [-0.3, -0.25) is 4.79 Å². The highest BCUT2D eigenvalue weighted by Crippen LogP contribution is 2.34. The van der Waals surface area contributed by atoms with Gasteiger partial charge in [-0.2, -0.15) is 0 Å². The maximum absolute atomic E-state index is 11.6. The molecule has 1 aliphatic heterocycles. The maximum Gasteiger partial charge on any atom is 0.221 e. The molecule has 3 nitrogen and oxygen atoms in total. The number of carbonyl (C=O) groups excluding carboxylic acids is 1. The summed E-state index contributed by atoms with van der Waals surface area (Å²) in [6, 6.07) is 0.937. The molecule has 2 N–H and O–H groups in total. The van der Waals surface area contributed by atoms with Crippen molar-refractivity contribution >= 4 is 5.91 Å². The largest absolute Gasteiger partial charge is 0.353 e. The Bertz CT molecular complexity index is 224. The lowest BCUT2D eigenvalue weighted by Crippen LogP contribution is -2.33. The van der Waals surface area contributed by atoms with Crippen molar-refractivity contribution in [2.24, 2.45) is 5.92 Å². The van der Waals surface area contributed by atoms with Gasteiger partial charge in [0.2, 0.25) is 5.91 Å². The number of rotatable bonds is 5. The summed E-state index contributed by atoms with van der Waals surface area (Å²) in [6.45, 7) is 3.29. The highest BCUT2D eigenvalue weighted by Gasteiger charge is 2.37. The Kier molecular flexibility index (Phi) is 3.62. The molecule has 0 spiro atoms. The lowest BCUT2D eigenvalue weighted by Gasteiger charge is -2.10. The summed E-state index contributed by atoms with van der Waals surface area (Å²) in [4.78, 5) is 11.6. The first kappa shape index (κ1) is 10.9. The summed E-state index contributed by atoms with van der Waals surface area (Å²) in [5, 5.41) is 6.49. The van der Waals surface area contributed by atoms with Gasteiger partial charge in [-0.1, -0.05) is 13.3 Å². The molecule has 3 heteroatoms. The van der Waals surface area contributed by atoms with Crippen LogP contribution in [-0.4, -0.2) is 24.5 Å². The molecule has 2 aliphatic rings. The molecule has 0 radical (unpaired) electrons. The zero-order chi connectivity index (χ0) is 10.7. The van der Waals surface area contributed by atoms with Gasteiger partial charge in [0.05, 0.1) is 0 Å². The van der Waals surface area contributed by atoms with Gasteiger partial charge in [0.1, 0.15) is 0 Å². The lowest BCUT2D eigenvalue weighted by atomic mass is 10.1. The molecule has 2 rings (SSSR count). The fraction of sp³-hybridized carbons (Fsp3) is 0.917. The van der Waals surface area contributed by atoms with Crippen LogP contribution < -0.4 is 10.6 Å². The quantitative estimate of drug-likeness (QED) is 0.721. The van der Waals surface area contributed by atoms with Crippen LogP contribution in [0.4, 0.5) is 0 Å². The van der Waals surface area contributed by atoms with Crippen molar-refractivity contribution < 1.29 is 4.79 Å². The number of amides is 1. The van der Waals surface area contributed by atoms with E-state index in [1.807, 2.05) is 0 Å². The molecule has 1 saturated carbocycles. The molecule has 1 aliphatic carbocycles. The van der Waals surface area contributed by atoms with E-state index in [4.69, 9.17) is 0 Å². The van der Waals surface area contributed by atoms with Gasteiger partial charge in [-0.05, 0) is 38.1 Å². The van der Waals surface area contributed by atoms with E-state index in [9.17, 15) is 4.79 Å². The third kappa shape index (κ3) is 3.20. The summed E-state index contributed by atoms with van der Waals surface area (Å²) in [5.41, 5.74) is 0. The third-order valence-electron chi connectivity index (χ3n) is 3.52. The summed E-state index contributed by atoms with van der Waals surface area (Å²) < 4.78 is 0. The number of nitrogens with one attached hydrogen (secondary N) is 2. The molecule has 0 bridgehead atoms. The minimum atomic E-state index is 0.248. The van der Waals surface area contributed by atoms with Crippen LogP contribution in [0.3, 0.4) is 0 Å². The van der Waals surface area contributed by atoms with Gasteiger partial charge < -0.3 is 10.6 Å². The predicted octanol–water partition coefficient (Wildman–Crippen LogP) is 1.43. The lowest BCUT2D eigenvalue weighted by molar-refractivity contribution is -0.121. The van der Waals surface area contributed by atoms with Crippen molar-refractivity contribution in [2.45, 2.75) is 57.5 Å². The molecule has 86 valence electrons. The minimum Gasteiger partial charge on any atom is -0.353 e. The first-order valence-electron chi connectivity index (χ1n) is 6.32. The van der Waals surface area contributed by atoms with E-state index >= 15 is 0 Å². The Morgan fingerprint density at radius 3 is 3.07 bits per heavy atom. The van der Waals surface area contributed by atoms with E-state index in [2.05, 4.69) is 17.6 Å². The summed E-state index contributed by atoms with van der Waals surface area (Å²) in [6.07, 6.45) is 6.77. The second-order valence-electron chi connectivity index (χ2n) is 4.96. The SMILES string of the molecule is CCCC1CC1NC(=O)CC1CCCN1. The van der Waals surface area contributed by atoms with E-state index in [1.54, 1.807) is 0 Å². The Balaban J connectivity index is 1.61. The zero-order valence-electron chi connectivity index (χ0n) is 9.59. The molecule has 0 aromatic rings. The van der Waals surface area contributed by atoms with Gasteiger partial charge in [0.25, 0.3) is 0 Å². The van der Waals surface area contributed by atoms with E-state index in [0.717, 1.165) is 18.9 Å². The van der Waals surface area contributed by atoms with E-state index in [1.165, 1.54) is 25.7 Å². The highest BCUT2D eigenvalue weighted by molar-refractivity contribution is 5.77. The number of hydrogen-bond acceptors (Lipinski definition) is 2. The second kappa shape index (κ2) is 4.97. The molecule has 2 fully saturated rings. The monoisotopic (exact) mass is 210 g/mol. The first-order chi connectivity index (χ1) is 7.29. The van der Waals surface area contributed by atoms with Crippen LogP contribution in [0.15, 0.2) is 0 Å². The Hall–Kier alpha value is -0.570. The molecule has 1 saturated heterocycles. The summed E-state index contributed by atoms with van der Waals surface area (Å²) in [7, 11) is 0. The van der Waals surface area contributed by atoms with Crippen molar-refractivity contribution in [3.8, 4) is 0 Å². The maximum atomic E-state index is 11.6. The molecule has 15 heavy (non-hydrogen) atoms. The van der Waals surface area contributed by atoms with E-state index < -0.39 is 0 Å². The van der Waals surface area contributed by atoms with Crippen molar-refractivity contribution in [2.75, 3.05) is 6.54 Å². The van der Waals surface area contributed by atoms with Crippen LogP contribution >= 0.6 is 0 Å². The van der Waals surface area contributed by atoms with Crippen LogP contribution in [-0.2, 0) is 4.79 Å². The van der Waals surface area contributed by atoms with Gasteiger partial charge in [-0.25, -0.2) is 0 Å². The Labute approximate surface area is 92.0 Å². The van der Waals surface area contributed by atoms with Crippen LogP contribution in [0.25, 0.3) is 0 Å². The van der Waals surface area contributed by atoms with Gasteiger partial charge in [0, 0.05) is 18.5 Å². The fourth-order valence-corrected chi connectivity index (χ4v) is 2.53. The molecule has 1 heterocycles. The molecule has 1 amide bonds. The topological polar surface area (TPSA) is 41.1 Å². The molecule has 3 unspecified atom stereocenters.